The number of nitro groups is 1. The smallest absolute Gasteiger partial charge is 0.270 e. The van der Waals surface area contributed by atoms with Crippen molar-refractivity contribution in [3.8, 4) is 0 Å². The Hall–Kier alpha value is -2.93. The van der Waals surface area contributed by atoms with E-state index in [2.05, 4.69) is 4.98 Å². The molecule has 0 atom stereocenters. The molecule has 2 aromatic carbocycles. The van der Waals surface area contributed by atoms with Crippen LogP contribution in [0.4, 0.5) is 5.69 Å². The standard InChI is InChI=1S/C19H16ClN3O4/c20-15-6-5-13(23(25)26)11-14(15)19(24)22-9-7-12(8-10-22)18-21-16-3-1-2-4-17(16)27-18/h1-6,11-12H,7-10H2. The SMILES string of the molecule is O=C(c1cc([N+](=O)[O-])ccc1Cl)N1CCC(c2nc3ccccc3o2)CC1. The Morgan fingerprint density at radius 1 is 1.22 bits per heavy atom. The molecule has 27 heavy (non-hydrogen) atoms. The van der Waals surface area contributed by atoms with E-state index in [1.807, 2.05) is 24.3 Å². The van der Waals surface area contributed by atoms with E-state index in [4.69, 9.17) is 16.0 Å². The summed E-state index contributed by atoms with van der Waals surface area (Å²) in [4.78, 5) is 29.4. The lowest BCUT2D eigenvalue weighted by atomic mass is 9.96. The Balaban J connectivity index is 1.48. The number of nitro benzene ring substituents is 1. The highest BCUT2D eigenvalue weighted by Gasteiger charge is 2.29. The molecule has 0 spiro atoms. The Kier molecular flexibility index (Phi) is 4.53. The van der Waals surface area contributed by atoms with Gasteiger partial charge in [-0.15, -0.1) is 0 Å². The highest BCUT2D eigenvalue weighted by atomic mass is 35.5. The summed E-state index contributed by atoms with van der Waals surface area (Å²) in [7, 11) is 0. The van der Waals surface area contributed by atoms with Crippen LogP contribution in [0.15, 0.2) is 46.9 Å². The molecule has 0 unspecified atom stereocenters. The first-order valence-electron chi connectivity index (χ1n) is 8.61. The van der Waals surface area contributed by atoms with E-state index in [1.165, 1.54) is 18.2 Å². The predicted octanol–water partition coefficient (Wildman–Crippen LogP) is 4.41. The summed E-state index contributed by atoms with van der Waals surface area (Å²) in [6, 6.07) is 11.5. The fourth-order valence-electron chi connectivity index (χ4n) is 3.36. The third-order valence-corrected chi connectivity index (χ3v) is 5.16. The van der Waals surface area contributed by atoms with Gasteiger partial charge in [0.15, 0.2) is 11.5 Å². The van der Waals surface area contributed by atoms with Gasteiger partial charge in [0.05, 0.1) is 15.5 Å². The molecule has 1 saturated heterocycles. The molecule has 1 aliphatic rings. The average Bonchev–Trinajstić information content (AvgIpc) is 3.12. The second kappa shape index (κ2) is 7.00. The lowest BCUT2D eigenvalue weighted by Gasteiger charge is -2.30. The summed E-state index contributed by atoms with van der Waals surface area (Å²) in [6.45, 7) is 1.03. The molecule has 0 saturated carbocycles. The molecule has 8 heteroatoms. The third-order valence-electron chi connectivity index (χ3n) is 4.83. The van der Waals surface area contributed by atoms with Crippen molar-refractivity contribution in [1.82, 2.24) is 9.88 Å². The number of para-hydroxylation sites is 2. The minimum atomic E-state index is -0.535. The van der Waals surface area contributed by atoms with E-state index < -0.39 is 4.92 Å². The third kappa shape index (κ3) is 3.38. The van der Waals surface area contributed by atoms with Crippen molar-refractivity contribution >= 4 is 34.3 Å². The van der Waals surface area contributed by atoms with Crippen molar-refractivity contribution in [2.24, 2.45) is 0 Å². The molecule has 1 amide bonds. The first-order valence-corrected chi connectivity index (χ1v) is 8.99. The number of halogens is 1. The molecule has 0 radical (unpaired) electrons. The average molecular weight is 386 g/mol. The molecule has 1 aliphatic heterocycles. The molecule has 7 nitrogen and oxygen atoms in total. The van der Waals surface area contributed by atoms with E-state index in [0.29, 0.717) is 31.8 Å². The van der Waals surface area contributed by atoms with Crippen LogP contribution in [0.2, 0.25) is 5.02 Å². The zero-order chi connectivity index (χ0) is 19.0. The quantitative estimate of drug-likeness (QED) is 0.492. The van der Waals surface area contributed by atoms with Crippen LogP contribution >= 0.6 is 11.6 Å². The molecule has 4 rings (SSSR count). The Labute approximate surface area is 159 Å². The van der Waals surface area contributed by atoms with Gasteiger partial charge in [-0.1, -0.05) is 23.7 Å². The number of hydrogen-bond donors (Lipinski definition) is 0. The van der Waals surface area contributed by atoms with Gasteiger partial charge in [-0.25, -0.2) is 4.98 Å². The number of fused-ring (bicyclic) bond motifs is 1. The van der Waals surface area contributed by atoms with Crippen molar-refractivity contribution < 1.29 is 14.1 Å². The summed E-state index contributed by atoms with van der Waals surface area (Å²) in [6.07, 6.45) is 1.43. The van der Waals surface area contributed by atoms with Gasteiger partial charge in [0.25, 0.3) is 11.6 Å². The minimum absolute atomic E-state index is 0.141. The van der Waals surface area contributed by atoms with Gasteiger partial charge < -0.3 is 9.32 Å². The molecule has 1 aromatic heterocycles. The van der Waals surface area contributed by atoms with Crippen molar-refractivity contribution in [2.45, 2.75) is 18.8 Å². The fraction of sp³-hybridized carbons (Fsp3) is 0.263. The molecular weight excluding hydrogens is 370 g/mol. The van der Waals surface area contributed by atoms with Gasteiger partial charge in [0.1, 0.15) is 5.52 Å². The van der Waals surface area contributed by atoms with Crippen LogP contribution in [0.1, 0.15) is 35.0 Å². The number of oxazole rings is 1. The van der Waals surface area contributed by atoms with Crippen LogP contribution in [0.5, 0.6) is 0 Å². The normalized spacial score (nSPS) is 15.2. The molecule has 0 N–H and O–H groups in total. The number of carbonyl (C=O) groups excluding carboxylic acids is 1. The predicted molar refractivity (Wildman–Crippen MR) is 100.0 cm³/mol. The summed E-state index contributed by atoms with van der Waals surface area (Å²) in [5, 5.41) is 11.2. The van der Waals surface area contributed by atoms with Crippen LogP contribution in [0.3, 0.4) is 0 Å². The number of nitrogens with zero attached hydrogens (tertiary/aromatic N) is 3. The van der Waals surface area contributed by atoms with E-state index in [0.717, 1.165) is 11.1 Å². The van der Waals surface area contributed by atoms with Crippen molar-refractivity contribution in [3.63, 3.8) is 0 Å². The molecule has 0 bridgehead atoms. The van der Waals surface area contributed by atoms with Gasteiger partial charge in [-0.2, -0.15) is 0 Å². The molecule has 138 valence electrons. The van der Waals surface area contributed by atoms with Gasteiger partial charge in [-0.05, 0) is 31.0 Å². The van der Waals surface area contributed by atoms with Crippen LogP contribution < -0.4 is 0 Å². The second-order valence-corrected chi connectivity index (χ2v) is 6.91. The Bertz CT molecular complexity index is 992. The number of hydrogen-bond acceptors (Lipinski definition) is 5. The van der Waals surface area contributed by atoms with E-state index in [1.54, 1.807) is 4.90 Å². The van der Waals surface area contributed by atoms with Gasteiger partial charge in [0.2, 0.25) is 0 Å². The van der Waals surface area contributed by atoms with Crippen molar-refractivity contribution in [2.75, 3.05) is 13.1 Å². The monoisotopic (exact) mass is 385 g/mol. The lowest BCUT2D eigenvalue weighted by molar-refractivity contribution is -0.384. The van der Waals surface area contributed by atoms with Gasteiger partial charge >= 0.3 is 0 Å². The number of benzene rings is 2. The maximum Gasteiger partial charge on any atom is 0.270 e. The number of rotatable bonds is 3. The zero-order valence-electron chi connectivity index (χ0n) is 14.3. The Morgan fingerprint density at radius 3 is 2.67 bits per heavy atom. The highest BCUT2D eigenvalue weighted by Crippen LogP contribution is 2.31. The summed E-state index contributed by atoms with van der Waals surface area (Å²) >= 11 is 6.09. The van der Waals surface area contributed by atoms with Crippen LogP contribution in [-0.4, -0.2) is 33.8 Å². The van der Waals surface area contributed by atoms with Crippen molar-refractivity contribution in [3.05, 3.63) is 69.1 Å². The Morgan fingerprint density at radius 2 is 1.96 bits per heavy atom. The first kappa shape index (κ1) is 17.5. The van der Waals surface area contributed by atoms with Gasteiger partial charge in [-0.3, -0.25) is 14.9 Å². The number of aromatic nitrogens is 1. The first-order chi connectivity index (χ1) is 13.0. The molecule has 1 fully saturated rings. The largest absolute Gasteiger partial charge is 0.440 e. The maximum absolute atomic E-state index is 12.8. The lowest BCUT2D eigenvalue weighted by Crippen LogP contribution is -2.38. The molecule has 3 aromatic rings. The van der Waals surface area contributed by atoms with Crippen LogP contribution in [-0.2, 0) is 0 Å². The second-order valence-electron chi connectivity index (χ2n) is 6.51. The molecular formula is C19H16ClN3O4. The van der Waals surface area contributed by atoms with Crippen molar-refractivity contribution in [1.29, 1.82) is 0 Å². The summed E-state index contributed by atoms with van der Waals surface area (Å²) < 4.78 is 5.84. The molecule has 0 aliphatic carbocycles. The number of carbonyl (C=O) groups is 1. The number of piperidine rings is 1. The maximum atomic E-state index is 12.8. The zero-order valence-corrected chi connectivity index (χ0v) is 15.1. The van der Waals surface area contributed by atoms with E-state index in [9.17, 15) is 14.9 Å². The molecule has 2 heterocycles. The van der Waals surface area contributed by atoms with E-state index in [-0.39, 0.29) is 28.1 Å². The van der Waals surface area contributed by atoms with Crippen LogP contribution in [0.25, 0.3) is 11.1 Å². The topological polar surface area (TPSA) is 89.5 Å². The van der Waals surface area contributed by atoms with Gasteiger partial charge in [0, 0.05) is 31.1 Å². The number of amides is 1. The number of non-ortho nitro benzene ring substituents is 1. The minimum Gasteiger partial charge on any atom is -0.440 e. The summed E-state index contributed by atoms with van der Waals surface area (Å²) in [5.74, 6) is 0.540. The van der Waals surface area contributed by atoms with E-state index >= 15 is 0 Å². The van der Waals surface area contributed by atoms with Crippen LogP contribution in [0, 0.1) is 10.1 Å². The fourth-order valence-corrected chi connectivity index (χ4v) is 3.55. The number of likely N-dealkylation sites (tertiary alicyclic amines) is 1. The highest BCUT2D eigenvalue weighted by molar-refractivity contribution is 6.33. The summed E-state index contributed by atoms with van der Waals surface area (Å²) in [5.41, 5.74) is 1.60.